The third kappa shape index (κ3) is 4.20. The van der Waals surface area contributed by atoms with E-state index in [1.807, 2.05) is 6.92 Å². The summed E-state index contributed by atoms with van der Waals surface area (Å²) in [6.45, 7) is 4.06. The molecule has 1 aromatic carbocycles. The number of hydrogen-bond donors (Lipinski definition) is 2. The van der Waals surface area contributed by atoms with Crippen LogP contribution in [0, 0.1) is 15.9 Å². The minimum atomic E-state index is -0.760. The van der Waals surface area contributed by atoms with Crippen LogP contribution in [0.5, 0.6) is 0 Å². The third-order valence-corrected chi connectivity index (χ3v) is 2.48. The number of carbonyl (C=O) groups is 1. The Bertz CT molecular complexity index is 479. The van der Waals surface area contributed by atoms with Crippen molar-refractivity contribution in [3.05, 3.63) is 34.1 Å². The second kappa shape index (κ2) is 6.67. The Labute approximate surface area is 110 Å². The van der Waals surface area contributed by atoms with E-state index in [2.05, 4.69) is 10.6 Å². The van der Waals surface area contributed by atoms with Crippen LogP contribution in [0.15, 0.2) is 18.2 Å². The van der Waals surface area contributed by atoms with Gasteiger partial charge < -0.3 is 10.6 Å². The lowest BCUT2D eigenvalue weighted by atomic mass is 10.2. The standard InChI is InChI=1S/C12H16FN3O3/c1-3-6-14-12(17)8(2)15-11-5-4-9(16(18)19)7-10(11)13/h4-5,7-8,15H,3,6H2,1-2H3,(H,14,17). The Morgan fingerprint density at radius 3 is 2.74 bits per heavy atom. The van der Waals surface area contributed by atoms with Crippen LogP contribution in [0.2, 0.25) is 0 Å². The molecule has 0 saturated heterocycles. The first-order chi connectivity index (χ1) is 8.95. The monoisotopic (exact) mass is 269 g/mol. The minimum Gasteiger partial charge on any atom is -0.372 e. The molecular weight excluding hydrogens is 253 g/mol. The molecule has 1 amide bonds. The Hall–Kier alpha value is -2.18. The zero-order chi connectivity index (χ0) is 14.4. The number of carbonyl (C=O) groups excluding carboxylic acids is 1. The van der Waals surface area contributed by atoms with Gasteiger partial charge in [-0.15, -0.1) is 0 Å². The molecule has 0 aliphatic rings. The molecule has 0 aliphatic heterocycles. The molecule has 1 atom stereocenters. The van der Waals surface area contributed by atoms with Gasteiger partial charge in [0.1, 0.15) is 6.04 Å². The molecule has 0 saturated carbocycles. The molecule has 1 unspecified atom stereocenters. The maximum atomic E-state index is 13.6. The number of nitro groups is 1. The Morgan fingerprint density at radius 2 is 2.21 bits per heavy atom. The number of benzene rings is 1. The highest BCUT2D eigenvalue weighted by atomic mass is 19.1. The Balaban J connectivity index is 2.71. The van der Waals surface area contributed by atoms with Gasteiger partial charge in [-0.3, -0.25) is 14.9 Å². The molecule has 0 heterocycles. The van der Waals surface area contributed by atoms with Crippen molar-refractivity contribution in [2.75, 3.05) is 11.9 Å². The quantitative estimate of drug-likeness (QED) is 0.611. The highest BCUT2D eigenvalue weighted by molar-refractivity contribution is 5.84. The number of hydrogen-bond acceptors (Lipinski definition) is 4. The Morgan fingerprint density at radius 1 is 1.53 bits per heavy atom. The lowest BCUT2D eigenvalue weighted by molar-refractivity contribution is -0.385. The van der Waals surface area contributed by atoms with E-state index in [0.29, 0.717) is 6.54 Å². The molecule has 0 bridgehead atoms. The summed E-state index contributed by atoms with van der Waals surface area (Å²) < 4.78 is 13.6. The van der Waals surface area contributed by atoms with Crippen LogP contribution in [0.1, 0.15) is 20.3 Å². The molecule has 1 rings (SSSR count). The van der Waals surface area contributed by atoms with Gasteiger partial charge in [-0.25, -0.2) is 4.39 Å². The van der Waals surface area contributed by atoms with Crippen LogP contribution >= 0.6 is 0 Å². The van der Waals surface area contributed by atoms with E-state index in [1.54, 1.807) is 6.92 Å². The summed E-state index contributed by atoms with van der Waals surface area (Å²) in [6.07, 6.45) is 0.810. The number of nitrogens with zero attached hydrogens (tertiary/aromatic N) is 1. The molecule has 104 valence electrons. The van der Waals surface area contributed by atoms with Gasteiger partial charge in [-0.2, -0.15) is 0 Å². The first kappa shape index (κ1) is 14.9. The van der Waals surface area contributed by atoms with Gasteiger partial charge in [-0.05, 0) is 19.4 Å². The molecule has 1 aromatic rings. The van der Waals surface area contributed by atoms with Gasteiger partial charge in [0.05, 0.1) is 16.7 Å². The van der Waals surface area contributed by atoms with E-state index < -0.39 is 16.8 Å². The van der Waals surface area contributed by atoms with Gasteiger partial charge >= 0.3 is 0 Å². The lowest BCUT2D eigenvalue weighted by Crippen LogP contribution is -2.38. The fourth-order valence-corrected chi connectivity index (χ4v) is 1.43. The van der Waals surface area contributed by atoms with Gasteiger partial charge in [0.25, 0.3) is 5.69 Å². The molecule has 7 heteroatoms. The van der Waals surface area contributed by atoms with Crippen molar-refractivity contribution in [2.24, 2.45) is 0 Å². The van der Waals surface area contributed by atoms with E-state index in [-0.39, 0.29) is 17.3 Å². The molecule has 19 heavy (non-hydrogen) atoms. The largest absolute Gasteiger partial charge is 0.372 e. The average Bonchev–Trinajstić information content (AvgIpc) is 2.37. The first-order valence-electron chi connectivity index (χ1n) is 5.94. The number of rotatable bonds is 6. The number of nitrogens with one attached hydrogen (secondary N) is 2. The summed E-state index contributed by atoms with van der Waals surface area (Å²) in [5.74, 6) is -1.01. The van der Waals surface area contributed by atoms with Crippen molar-refractivity contribution in [1.82, 2.24) is 5.32 Å². The molecule has 6 nitrogen and oxygen atoms in total. The normalized spacial score (nSPS) is 11.7. The van der Waals surface area contributed by atoms with Crippen molar-refractivity contribution >= 4 is 17.3 Å². The highest BCUT2D eigenvalue weighted by Crippen LogP contribution is 2.20. The van der Waals surface area contributed by atoms with Gasteiger partial charge in [0.2, 0.25) is 5.91 Å². The number of nitro benzene ring substituents is 1. The number of anilines is 1. The molecule has 0 fully saturated rings. The molecule has 0 spiro atoms. The van der Waals surface area contributed by atoms with Crippen molar-refractivity contribution in [3.63, 3.8) is 0 Å². The first-order valence-corrected chi connectivity index (χ1v) is 5.94. The summed E-state index contributed by atoms with van der Waals surface area (Å²) in [6, 6.07) is 2.63. The summed E-state index contributed by atoms with van der Waals surface area (Å²) in [5.41, 5.74) is -0.268. The number of amides is 1. The smallest absolute Gasteiger partial charge is 0.272 e. The van der Waals surface area contributed by atoms with Crippen LogP contribution < -0.4 is 10.6 Å². The number of halogens is 1. The van der Waals surface area contributed by atoms with Gasteiger partial charge in [-0.1, -0.05) is 6.92 Å². The van der Waals surface area contributed by atoms with Crippen LogP contribution in [-0.4, -0.2) is 23.4 Å². The average molecular weight is 269 g/mol. The van der Waals surface area contributed by atoms with E-state index in [9.17, 15) is 19.3 Å². The molecule has 0 aliphatic carbocycles. The predicted octanol–water partition coefficient (Wildman–Crippen LogP) is 2.06. The van der Waals surface area contributed by atoms with E-state index in [0.717, 1.165) is 12.5 Å². The third-order valence-electron chi connectivity index (χ3n) is 2.48. The minimum absolute atomic E-state index is 0.0600. The lowest BCUT2D eigenvalue weighted by Gasteiger charge is -2.15. The van der Waals surface area contributed by atoms with Crippen LogP contribution in [0.3, 0.4) is 0 Å². The SMILES string of the molecule is CCCNC(=O)C(C)Nc1ccc([N+](=O)[O-])cc1F. The van der Waals surface area contributed by atoms with Crippen molar-refractivity contribution in [2.45, 2.75) is 26.3 Å². The van der Waals surface area contributed by atoms with Crippen LogP contribution in [0.4, 0.5) is 15.8 Å². The maximum absolute atomic E-state index is 13.6. The summed E-state index contributed by atoms with van der Waals surface area (Å²) >= 11 is 0. The second-order valence-electron chi connectivity index (χ2n) is 4.08. The highest BCUT2D eigenvalue weighted by Gasteiger charge is 2.16. The zero-order valence-electron chi connectivity index (χ0n) is 10.8. The predicted molar refractivity (Wildman–Crippen MR) is 69.4 cm³/mol. The summed E-state index contributed by atoms with van der Waals surface area (Å²) in [5, 5.41) is 15.8. The van der Waals surface area contributed by atoms with Crippen LogP contribution in [-0.2, 0) is 4.79 Å². The fraction of sp³-hybridized carbons (Fsp3) is 0.417. The topological polar surface area (TPSA) is 84.3 Å². The van der Waals surface area contributed by atoms with E-state index in [4.69, 9.17) is 0 Å². The molecular formula is C12H16FN3O3. The van der Waals surface area contributed by atoms with E-state index in [1.165, 1.54) is 12.1 Å². The molecule has 0 aromatic heterocycles. The summed E-state index contributed by atoms with van der Waals surface area (Å²) in [4.78, 5) is 21.4. The number of non-ortho nitro benzene ring substituents is 1. The Kier molecular flexibility index (Phi) is 5.23. The zero-order valence-corrected chi connectivity index (χ0v) is 10.8. The summed E-state index contributed by atoms with van der Waals surface area (Å²) in [7, 11) is 0. The van der Waals surface area contributed by atoms with Crippen molar-refractivity contribution < 1.29 is 14.1 Å². The second-order valence-corrected chi connectivity index (χ2v) is 4.08. The van der Waals surface area contributed by atoms with Crippen LogP contribution in [0.25, 0.3) is 0 Å². The van der Waals surface area contributed by atoms with Gasteiger partial charge in [0, 0.05) is 12.6 Å². The van der Waals surface area contributed by atoms with Crippen molar-refractivity contribution in [1.29, 1.82) is 0 Å². The van der Waals surface area contributed by atoms with E-state index >= 15 is 0 Å². The fourth-order valence-electron chi connectivity index (χ4n) is 1.43. The van der Waals surface area contributed by atoms with Crippen molar-refractivity contribution in [3.8, 4) is 0 Å². The van der Waals surface area contributed by atoms with Gasteiger partial charge in [0.15, 0.2) is 5.82 Å². The molecule has 2 N–H and O–H groups in total. The molecule has 0 radical (unpaired) electrons. The maximum Gasteiger partial charge on any atom is 0.272 e.